The van der Waals surface area contributed by atoms with E-state index in [1.165, 1.54) is 11.3 Å². The van der Waals surface area contributed by atoms with E-state index in [1.54, 1.807) is 12.3 Å². The van der Waals surface area contributed by atoms with E-state index < -0.39 is 15.1 Å². The van der Waals surface area contributed by atoms with Gasteiger partial charge in [-0.25, -0.2) is 13.4 Å². The summed E-state index contributed by atoms with van der Waals surface area (Å²) in [5, 5.41) is 5.71. The number of sulfone groups is 1. The second-order valence-electron chi connectivity index (χ2n) is 6.99. The second-order valence-corrected chi connectivity index (χ2v) is 10.2. The maximum absolute atomic E-state index is 12.6. The molecule has 2 aromatic heterocycles. The van der Waals surface area contributed by atoms with Crippen molar-refractivity contribution < 1.29 is 12.9 Å². The Morgan fingerprint density at radius 2 is 1.87 bits per heavy atom. The number of rotatable bonds is 5. The predicted octanol–water partition coefficient (Wildman–Crippen LogP) is 3.62. The molecule has 2 aromatic rings. The van der Waals surface area contributed by atoms with Crippen LogP contribution in [0, 0.1) is 0 Å². The number of hydrogen-bond donors (Lipinski definition) is 0. The molecule has 2 heterocycles. The topological polar surface area (TPSA) is 86.0 Å². The lowest BCUT2D eigenvalue weighted by Crippen LogP contribution is -2.15. The van der Waals surface area contributed by atoms with Crippen LogP contribution in [0.4, 0.5) is 0 Å². The number of nitrogens with zero attached hydrogens (tertiary/aromatic N) is 3. The molecule has 0 aliphatic carbocycles. The van der Waals surface area contributed by atoms with Gasteiger partial charge in [-0.1, -0.05) is 39.8 Å². The maximum atomic E-state index is 12.6. The van der Waals surface area contributed by atoms with Crippen LogP contribution in [-0.2, 0) is 21.0 Å². The summed E-state index contributed by atoms with van der Waals surface area (Å²) in [4.78, 5) is 8.64. The molecule has 0 aliphatic heterocycles. The van der Waals surface area contributed by atoms with Crippen molar-refractivity contribution in [3.8, 4) is 0 Å². The van der Waals surface area contributed by atoms with Crippen LogP contribution in [0.5, 0.6) is 0 Å². The lowest BCUT2D eigenvalue weighted by molar-refractivity contribution is 0.369. The zero-order chi connectivity index (χ0) is 17.4. The first-order valence-corrected chi connectivity index (χ1v) is 10.1. The summed E-state index contributed by atoms with van der Waals surface area (Å²) in [7, 11) is -3.46. The fourth-order valence-corrected chi connectivity index (χ4v) is 4.08. The Bertz CT molecular complexity index is 770. The van der Waals surface area contributed by atoms with Crippen molar-refractivity contribution in [2.75, 3.05) is 0 Å². The molecule has 0 radical (unpaired) electrons. The molecule has 6 nitrogen and oxygen atoms in total. The van der Waals surface area contributed by atoms with Gasteiger partial charge in [0, 0.05) is 16.7 Å². The van der Waals surface area contributed by atoms with Gasteiger partial charge in [0.15, 0.2) is 15.7 Å². The third-order valence-corrected chi connectivity index (χ3v) is 6.70. The first-order valence-electron chi connectivity index (χ1n) is 7.50. The molecule has 23 heavy (non-hydrogen) atoms. The SMILES string of the molecule is CC(C)c1noc([C@H](C)S(=O)(=O)Cc2csc(C(C)(C)C)n2)n1. The van der Waals surface area contributed by atoms with E-state index in [9.17, 15) is 8.42 Å². The minimum Gasteiger partial charge on any atom is -0.338 e. The minimum atomic E-state index is -3.46. The molecule has 0 unspecified atom stereocenters. The zero-order valence-electron chi connectivity index (χ0n) is 14.3. The average molecular weight is 358 g/mol. The highest BCUT2D eigenvalue weighted by molar-refractivity contribution is 7.90. The third-order valence-electron chi connectivity index (χ3n) is 3.40. The fourth-order valence-electron chi connectivity index (χ4n) is 1.85. The van der Waals surface area contributed by atoms with Crippen LogP contribution >= 0.6 is 11.3 Å². The lowest BCUT2D eigenvalue weighted by Gasteiger charge is -2.13. The fraction of sp³-hybridized carbons (Fsp3) is 0.667. The van der Waals surface area contributed by atoms with Crippen LogP contribution in [0.15, 0.2) is 9.90 Å². The summed E-state index contributed by atoms with van der Waals surface area (Å²) in [5.41, 5.74) is 0.479. The summed E-state index contributed by atoms with van der Waals surface area (Å²) in [6, 6.07) is 0. The lowest BCUT2D eigenvalue weighted by atomic mass is 9.98. The quantitative estimate of drug-likeness (QED) is 0.812. The first kappa shape index (κ1) is 18.1. The molecule has 0 spiro atoms. The van der Waals surface area contributed by atoms with E-state index in [0.29, 0.717) is 11.5 Å². The Morgan fingerprint density at radius 3 is 2.35 bits per heavy atom. The van der Waals surface area contributed by atoms with Crippen molar-refractivity contribution >= 4 is 21.2 Å². The van der Waals surface area contributed by atoms with Crippen LogP contribution in [0.2, 0.25) is 0 Å². The summed E-state index contributed by atoms with van der Waals surface area (Å²) in [6.45, 7) is 11.6. The molecule has 1 atom stereocenters. The van der Waals surface area contributed by atoms with Gasteiger partial charge in [0.05, 0.1) is 16.5 Å². The molecule has 0 fully saturated rings. The summed E-state index contributed by atoms with van der Waals surface area (Å²) in [5.74, 6) is 0.626. The number of aromatic nitrogens is 3. The molecule has 2 rings (SSSR count). The predicted molar refractivity (Wildman–Crippen MR) is 90.2 cm³/mol. The van der Waals surface area contributed by atoms with Gasteiger partial charge in [-0.3, -0.25) is 0 Å². The van der Waals surface area contributed by atoms with E-state index in [-0.39, 0.29) is 23.0 Å². The Balaban J connectivity index is 2.19. The molecule has 0 saturated carbocycles. The van der Waals surface area contributed by atoms with Gasteiger partial charge in [0.2, 0.25) is 5.89 Å². The number of hydrogen-bond acceptors (Lipinski definition) is 7. The van der Waals surface area contributed by atoms with Crippen LogP contribution in [0.3, 0.4) is 0 Å². The van der Waals surface area contributed by atoms with E-state index in [0.717, 1.165) is 5.01 Å². The molecular weight excluding hydrogens is 334 g/mol. The van der Waals surface area contributed by atoms with Crippen LogP contribution in [-0.4, -0.2) is 23.5 Å². The molecule has 0 saturated heterocycles. The minimum absolute atomic E-state index is 0.0864. The van der Waals surface area contributed by atoms with Gasteiger partial charge in [0.25, 0.3) is 0 Å². The molecule has 0 bridgehead atoms. The van der Waals surface area contributed by atoms with Crippen molar-refractivity contribution in [2.45, 2.75) is 63.9 Å². The van der Waals surface area contributed by atoms with Gasteiger partial charge in [-0.2, -0.15) is 4.98 Å². The van der Waals surface area contributed by atoms with Gasteiger partial charge in [0.1, 0.15) is 5.25 Å². The van der Waals surface area contributed by atoms with Gasteiger partial charge >= 0.3 is 0 Å². The van der Waals surface area contributed by atoms with Crippen LogP contribution in [0.25, 0.3) is 0 Å². The zero-order valence-corrected chi connectivity index (χ0v) is 16.0. The Labute approximate surface area is 141 Å². The molecular formula is C15H23N3O3S2. The summed E-state index contributed by atoms with van der Waals surface area (Å²) < 4.78 is 30.3. The van der Waals surface area contributed by atoms with Crippen molar-refractivity contribution in [3.05, 3.63) is 27.8 Å². The second kappa shape index (κ2) is 6.32. The smallest absolute Gasteiger partial charge is 0.244 e. The largest absolute Gasteiger partial charge is 0.338 e. The Morgan fingerprint density at radius 1 is 1.22 bits per heavy atom. The van der Waals surface area contributed by atoms with Crippen LogP contribution < -0.4 is 0 Å². The molecule has 0 amide bonds. The Hall–Kier alpha value is -1.28. The van der Waals surface area contributed by atoms with Crippen molar-refractivity contribution in [3.63, 3.8) is 0 Å². The monoisotopic (exact) mass is 357 g/mol. The van der Waals surface area contributed by atoms with Gasteiger partial charge < -0.3 is 4.52 Å². The highest BCUT2D eigenvalue weighted by Gasteiger charge is 2.30. The Kier molecular flexibility index (Phi) is 4.96. The highest BCUT2D eigenvalue weighted by atomic mass is 32.2. The molecule has 0 N–H and O–H groups in total. The number of thiazole rings is 1. The summed E-state index contributed by atoms with van der Waals surface area (Å²) in [6.07, 6.45) is 0. The maximum Gasteiger partial charge on any atom is 0.244 e. The van der Waals surface area contributed by atoms with Crippen LogP contribution in [0.1, 0.15) is 75.1 Å². The third kappa shape index (κ3) is 4.17. The first-order chi connectivity index (χ1) is 10.5. The molecule has 0 aliphatic rings. The van der Waals surface area contributed by atoms with Gasteiger partial charge in [-0.15, -0.1) is 11.3 Å². The normalized spacial score (nSPS) is 14.4. The van der Waals surface area contributed by atoms with Gasteiger partial charge in [-0.05, 0) is 6.92 Å². The summed E-state index contributed by atoms with van der Waals surface area (Å²) >= 11 is 1.49. The standard InChI is InChI=1S/C15H23N3O3S2/c1-9(2)12-17-13(21-18-12)10(3)23(19,20)8-11-7-22-14(16-11)15(4,5)6/h7,9-10H,8H2,1-6H3/t10-/m0/s1. The van der Waals surface area contributed by atoms with Crippen molar-refractivity contribution in [1.29, 1.82) is 0 Å². The van der Waals surface area contributed by atoms with E-state index in [1.807, 2.05) is 13.8 Å². The van der Waals surface area contributed by atoms with E-state index in [4.69, 9.17) is 4.52 Å². The molecule has 0 aromatic carbocycles. The van der Waals surface area contributed by atoms with Crippen molar-refractivity contribution in [2.24, 2.45) is 0 Å². The highest BCUT2D eigenvalue weighted by Crippen LogP contribution is 2.29. The van der Waals surface area contributed by atoms with Crippen molar-refractivity contribution in [1.82, 2.24) is 15.1 Å². The van der Waals surface area contributed by atoms with E-state index in [2.05, 4.69) is 35.9 Å². The molecule has 128 valence electrons. The average Bonchev–Trinajstić information content (AvgIpc) is 3.04. The molecule has 8 heteroatoms. The van der Waals surface area contributed by atoms with E-state index >= 15 is 0 Å².